The lowest BCUT2D eigenvalue weighted by atomic mass is 10.2. The van der Waals surface area contributed by atoms with Gasteiger partial charge in [-0.25, -0.2) is 4.79 Å². The number of hydrogen-bond acceptors (Lipinski definition) is 2. The van der Waals surface area contributed by atoms with Crippen LogP contribution in [0, 0.1) is 0 Å². The van der Waals surface area contributed by atoms with Gasteiger partial charge < -0.3 is 4.74 Å². The molecule has 0 aliphatic heterocycles. The molecule has 0 amide bonds. The third-order valence-corrected chi connectivity index (χ3v) is 1.43. The van der Waals surface area contributed by atoms with Crippen molar-refractivity contribution in [3.63, 3.8) is 0 Å². The van der Waals surface area contributed by atoms with Crippen LogP contribution >= 0.6 is 0 Å². The Balaban J connectivity index is 2.42. The van der Waals surface area contributed by atoms with Crippen molar-refractivity contribution in [2.45, 2.75) is 6.42 Å². The van der Waals surface area contributed by atoms with Gasteiger partial charge in [0.1, 0.15) is 0 Å². The molecule has 0 bridgehead atoms. The van der Waals surface area contributed by atoms with Gasteiger partial charge in [0.25, 0.3) is 0 Å². The van der Waals surface area contributed by atoms with E-state index in [0.29, 0.717) is 0 Å². The monoisotopic (exact) mass is 150 g/mol. The minimum atomic E-state index is -0.308. The molecule has 1 rings (SSSR count). The Morgan fingerprint density at radius 2 is 2.55 bits per heavy atom. The molecule has 0 aromatic rings. The summed E-state index contributed by atoms with van der Waals surface area (Å²) in [4.78, 5) is 10.6. The number of esters is 1. The van der Waals surface area contributed by atoms with Crippen molar-refractivity contribution in [2.75, 3.05) is 7.11 Å². The van der Waals surface area contributed by atoms with Gasteiger partial charge in [0.15, 0.2) is 0 Å². The maximum absolute atomic E-state index is 10.6. The summed E-state index contributed by atoms with van der Waals surface area (Å²) >= 11 is 0. The molecule has 1 aliphatic rings. The quantitative estimate of drug-likeness (QED) is 0.441. The molecule has 0 spiro atoms. The molecule has 0 N–H and O–H groups in total. The van der Waals surface area contributed by atoms with Crippen LogP contribution in [0.2, 0.25) is 0 Å². The summed E-state index contributed by atoms with van der Waals surface area (Å²) in [5.74, 6) is -0.308. The molecule has 0 fully saturated rings. The lowest BCUT2D eigenvalue weighted by molar-refractivity contribution is -0.134. The highest BCUT2D eigenvalue weighted by Gasteiger charge is 1.95. The highest BCUT2D eigenvalue weighted by molar-refractivity contribution is 5.82. The molecule has 0 atom stereocenters. The molecule has 0 saturated heterocycles. The largest absolute Gasteiger partial charge is 0.466 e. The van der Waals surface area contributed by atoms with Crippen LogP contribution in [0.15, 0.2) is 36.0 Å². The average Bonchev–Trinajstić information content (AvgIpc) is 2.52. The van der Waals surface area contributed by atoms with Crippen molar-refractivity contribution in [1.82, 2.24) is 0 Å². The van der Waals surface area contributed by atoms with Gasteiger partial charge in [0.05, 0.1) is 7.11 Å². The van der Waals surface area contributed by atoms with Gasteiger partial charge >= 0.3 is 5.97 Å². The van der Waals surface area contributed by atoms with Crippen LogP contribution < -0.4 is 0 Å². The Morgan fingerprint density at radius 1 is 1.73 bits per heavy atom. The molecule has 0 radical (unpaired) electrons. The third-order valence-electron chi connectivity index (χ3n) is 1.43. The summed E-state index contributed by atoms with van der Waals surface area (Å²) in [6.07, 6.45) is 10.1. The summed E-state index contributed by atoms with van der Waals surface area (Å²) in [6.45, 7) is 0. The number of methoxy groups -OCH3 is 1. The maximum Gasteiger partial charge on any atom is 0.330 e. The summed E-state index contributed by atoms with van der Waals surface area (Å²) in [7, 11) is 1.37. The molecule has 2 nitrogen and oxygen atoms in total. The predicted octanol–water partition coefficient (Wildman–Crippen LogP) is 1.60. The first-order valence-electron chi connectivity index (χ1n) is 3.44. The number of hydrogen-bond donors (Lipinski definition) is 0. The van der Waals surface area contributed by atoms with E-state index in [1.165, 1.54) is 13.2 Å². The van der Waals surface area contributed by atoms with Crippen molar-refractivity contribution in [2.24, 2.45) is 0 Å². The normalized spacial score (nSPS) is 15.5. The van der Waals surface area contributed by atoms with Crippen LogP contribution in [0.4, 0.5) is 0 Å². The van der Waals surface area contributed by atoms with Gasteiger partial charge in [0, 0.05) is 6.08 Å². The van der Waals surface area contributed by atoms with E-state index in [0.717, 1.165) is 12.0 Å². The van der Waals surface area contributed by atoms with Crippen molar-refractivity contribution >= 4 is 5.97 Å². The molecule has 0 unspecified atom stereocenters. The van der Waals surface area contributed by atoms with Gasteiger partial charge in [-0.2, -0.15) is 0 Å². The van der Waals surface area contributed by atoms with E-state index >= 15 is 0 Å². The smallest absolute Gasteiger partial charge is 0.330 e. The van der Waals surface area contributed by atoms with E-state index < -0.39 is 0 Å². The molecule has 0 saturated carbocycles. The Hall–Kier alpha value is -1.31. The molecule has 0 aromatic carbocycles. The van der Waals surface area contributed by atoms with Crippen molar-refractivity contribution < 1.29 is 9.53 Å². The second kappa shape index (κ2) is 3.76. The standard InChI is InChI=1S/C9H10O2/c1-11-9(10)7-6-8-4-2-3-5-8/h2-4,6-7H,5H2,1H3/b7-6+. The molecule has 11 heavy (non-hydrogen) atoms. The lowest BCUT2D eigenvalue weighted by Crippen LogP contribution is -1.93. The Bertz CT molecular complexity index is 234. The van der Waals surface area contributed by atoms with Crippen molar-refractivity contribution in [3.05, 3.63) is 36.0 Å². The second-order valence-corrected chi connectivity index (χ2v) is 2.23. The topological polar surface area (TPSA) is 26.3 Å². The third kappa shape index (κ3) is 2.42. The zero-order valence-electron chi connectivity index (χ0n) is 6.41. The highest BCUT2D eigenvalue weighted by Crippen LogP contribution is 2.10. The molecule has 0 aromatic heterocycles. The summed E-state index contributed by atoms with van der Waals surface area (Å²) < 4.78 is 4.44. The van der Waals surface area contributed by atoms with Crippen molar-refractivity contribution in [1.29, 1.82) is 0 Å². The van der Waals surface area contributed by atoms with Crippen LogP contribution in [0.25, 0.3) is 0 Å². The van der Waals surface area contributed by atoms with E-state index in [1.807, 2.05) is 18.2 Å². The van der Waals surface area contributed by atoms with Crippen LogP contribution in [0.1, 0.15) is 6.42 Å². The SMILES string of the molecule is COC(=O)/C=C/C1=CC=CC1. The molecule has 2 heteroatoms. The van der Waals surface area contributed by atoms with Crippen LogP contribution in [-0.4, -0.2) is 13.1 Å². The van der Waals surface area contributed by atoms with Crippen LogP contribution in [0.3, 0.4) is 0 Å². The van der Waals surface area contributed by atoms with Gasteiger partial charge in [-0.05, 0) is 12.0 Å². The fourth-order valence-corrected chi connectivity index (χ4v) is 0.831. The van der Waals surface area contributed by atoms with E-state index in [4.69, 9.17) is 0 Å². The molecule has 1 aliphatic carbocycles. The van der Waals surface area contributed by atoms with E-state index in [9.17, 15) is 4.79 Å². The van der Waals surface area contributed by atoms with Gasteiger partial charge in [0.2, 0.25) is 0 Å². The first-order chi connectivity index (χ1) is 5.33. The van der Waals surface area contributed by atoms with Crippen LogP contribution in [0.5, 0.6) is 0 Å². The zero-order valence-corrected chi connectivity index (χ0v) is 6.41. The maximum atomic E-state index is 10.6. The Kier molecular flexibility index (Phi) is 2.66. The predicted molar refractivity (Wildman–Crippen MR) is 43.0 cm³/mol. The Morgan fingerprint density at radius 3 is 3.09 bits per heavy atom. The zero-order chi connectivity index (χ0) is 8.10. The Labute approximate surface area is 65.9 Å². The van der Waals surface area contributed by atoms with E-state index in [-0.39, 0.29) is 5.97 Å². The van der Waals surface area contributed by atoms with Gasteiger partial charge in [-0.15, -0.1) is 0 Å². The second-order valence-electron chi connectivity index (χ2n) is 2.23. The van der Waals surface area contributed by atoms with Gasteiger partial charge in [-0.3, -0.25) is 0 Å². The van der Waals surface area contributed by atoms with Crippen molar-refractivity contribution in [3.8, 4) is 0 Å². The minimum absolute atomic E-state index is 0.308. The van der Waals surface area contributed by atoms with Crippen LogP contribution in [-0.2, 0) is 9.53 Å². The van der Waals surface area contributed by atoms with E-state index in [2.05, 4.69) is 4.74 Å². The fourth-order valence-electron chi connectivity index (χ4n) is 0.831. The average molecular weight is 150 g/mol. The summed E-state index contributed by atoms with van der Waals surface area (Å²) in [5.41, 5.74) is 1.13. The molecule has 58 valence electrons. The van der Waals surface area contributed by atoms with Gasteiger partial charge in [-0.1, -0.05) is 24.3 Å². The fraction of sp³-hybridized carbons (Fsp3) is 0.222. The number of allylic oxidation sites excluding steroid dienone is 5. The number of rotatable bonds is 2. The molecular formula is C9H10O2. The summed E-state index contributed by atoms with van der Waals surface area (Å²) in [6, 6.07) is 0. The molecule has 0 heterocycles. The first kappa shape index (κ1) is 7.79. The highest BCUT2D eigenvalue weighted by atomic mass is 16.5. The number of carbonyl (C=O) groups is 1. The lowest BCUT2D eigenvalue weighted by Gasteiger charge is -1.90. The molecular weight excluding hydrogens is 140 g/mol. The summed E-state index contributed by atoms with van der Waals surface area (Å²) in [5, 5.41) is 0. The minimum Gasteiger partial charge on any atom is -0.466 e. The first-order valence-corrected chi connectivity index (χ1v) is 3.44. The number of ether oxygens (including phenoxy) is 1. The van der Waals surface area contributed by atoms with E-state index in [1.54, 1.807) is 6.08 Å². The number of carbonyl (C=O) groups excluding carboxylic acids is 1.